The molecule has 1 saturated heterocycles. The first-order chi connectivity index (χ1) is 8.73. The van der Waals surface area contributed by atoms with Gasteiger partial charge in [0.15, 0.2) is 0 Å². The van der Waals surface area contributed by atoms with Gasteiger partial charge in [-0.2, -0.15) is 0 Å². The number of hydrogen-bond acceptors (Lipinski definition) is 2. The number of piperazine rings is 1. The lowest BCUT2D eigenvalue weighted by atomic mass is 9.84. The Kier molecular flexibility index (Phi) is 3.42. The van der Waals surface area contributed by atoms with Crippen molar-refractivity contribution in [1.29, 1.82) is 0 Å². The van der Waals surface area contributed by atoms with Crippen LogP contribution < -0.4 is 5.32 Å². The minimum atomic E-state index is -0.849. The topological polar surface area (TPSA) is 49.4 Å². The van der Waals surface area contributed by atoms with Crippen LogP contribution in [0.2, 0.25) is 0 Å². The maximum atomic E-state index is 12.6. The van der Waals surface area contributed by atoms with E-state index in [1.54, 1.807) is 18.7 Å². The zero-order valence-corrected chi connectivity index (χ0v) is 12.7. The Balaban J connectivity index is 2.39. The quantitative estimate of drug-likeness (QED) is 0.862. The van der Waals surface area contributed by atoms with E-state index in [0.717, 1.165) is 18.4 Å². The van der Waals surface area contributed by atoms with Crippen LogP contribution in [0.5, 0.6) is 0 Å². The lowest BCUT2D eigenvalue weighted by Crippen LogP contribution is -2.74. The molecule has 1 heterocycles. The Labute approximate surface area is 119 Å². The van der Waals surface area contributed by atoms with Crippen molar-refractivity contribution in [3.63, 3.8) is 0 Å². The van der Waals surface area contributed by atoms with Gasteiger partial charge in [-0.1, -0.05) is 11.6 Å². The van der Waals surface area contributed by atoms with Crippen LogP contribution in [0.25, 0.3) is 0 Å². The maximum absolute atomic E-state index is 12.6. The predicted octanol–water partition coefficient (Wildman–Crippen LogP) is 2.03. The van der Waals surface area contributed by atoms with Crippen molar-refractivity contribution in [2.45, 2.75) is 51.6 Å². The average molecular weight is 285 g/mol. The summed E-state index contributed by atoms with van der Waals surface area (Å²) < 4.78 is 0. The lowest BCUT2D eigenvalue weighted by Gasteiger charge is -2.49. The fraction of sp³-hybridized carbons (Fsp3) is 0.714. The molecule has 0 radical (unpaired) electrons. The summed E-state index contributed by atoms with van der Waals surface area (Å²) in [5.74, 6) is 0.164. The highest BCUT2D eigenvalue weighted by Crippen LogP contribution is 2.45. The van der Waals surface area contributed by atoms with Gasteiger partial charge in [-0.25, -0.2) is 0 Å². The Morgan fingerprint density at radius 2 is 2.00 bits per heavy atom. The monoisotopic (exact) mass is 284 g/mol. The first-order valence-electron chi connectivity index (χ1n) is 6.64. The van der Waals surface area contributed by atoms with Crippen LogP contribution in [0, 0.1) is 5.92 Å². The van der Waals surface area contributed by atoms with Crippen molar-refractivity contribution < 1.29 is 9.59 Å². The summed E-state index contributed by atoms with van der Waals surface area (Å²) in [6, 6.07) is 0. The van der Waals surface area contributed by atoms with Gasteiger partial charge in [0, 0.05) is 12.1 Å². The predicted molar refractivity (Wildman–Crippen MR) is 74.7 cm³/mol. The first kappa shape index (κ1) is 14.4. The van der Waals surface area contributed by atoms with Gasteiger partial charge >= 0.3 is 0 Å². The molecule has 5 heteroatoms. The van der Waals surface area contributed by atoms with E-state index in [-0.39, 0.29) is 17.7 Å². The maximum Gasteiger partial charge on any atom is 0.248 e. The second-order valence-electron chi connectivity index (χ2n) is 6.35. The zero-order valence-electron chi connectivity index (χ0n) is 11.9. The molecule has 2 rings (SSSR count). The van der Waals surface area contributed by atoms with E-state index in [9.17, 15) is 9.59 Å². The fourth-order valence-electron chi connectivity index (χ4n) is 2.71. The average Bonchev–Trinajstić information content (AvgIpc) is 3.16. The van der Waals surface area contributed by atoms with Crippen molar-refractivity contribution in [2.75, 3.05) is 6.54 Å². The molecule has 106 valence electrons. The standard InChI is InChI=1S/C14H21ClN2O2/c1-9(7-15)8-17-12(19)13(2,3)16-11(18)14(17,4)10-5-6-10/h7,10H,5-6,8H2,1-4H3,(H,16,18). The van der Waals surface area contributed by atoms with E-state index in [4.69, 9.17) is 11.6 Å². The highest BCUT2D eigenvalue weighted by Gasteiger charge is 2.58. The molecule has 1 aliphatic heterocycles. The van der Waals surface area contributed by atoms with Crippen LogP contribution in [0.1, 0.15) is 40.5 Å². The molecule has 0 spiro atoms. The molecule has 2 fully saturated rings. The van der Waals surface area contributed by atoms with Gasteiger partial charge in [-0.3, -0.25) is 9.59 Å². The summed E-state index contributed by atoms with van der Waals surface area (Å²) in [4.78, 5) is 26.8. The van der Waals surface area contributed by atoms with Gasteiger partial charge in [0.05, 0.1) is 0 Å². The van der Waals surface area contributed by atoms with Crippen LogP contribution in [0.4, 0.5) is 0 Å². The van der Waals surface area contributed by atoms with Crippen LogP contribution in [0.3, 0.4) is 0 Å². The SMILES string of the molecule is CC(=CCl)CN1C(=O)C(C)(C)NC(=O)C1(C)C1CC1. The third kappa shape index (κ3) is 2.27. The minimum absolute atomic E-state index is 0.0423. The van der Waals surface area contributed by atoms with E-state index in [2.05, 4.69) is 5.32 Å². The summed E-state index contributed by atoms with van der Waals surface area (Å²) >= 11 is 5.71. The molecule has 0 aromatic rings. The van der Waals surface area contributed by atoms with E-state index in [1.807, 2.05) is 13.8 Å². The molecule has 4 nitrogen and oxygen atoms in total. The van der Waals surface area contributed by atoms with Gasteiger partial charge in [0.2, 0.25) is 11.8 Å². The molecule has 0 bridgehead atoms. The number of carbonyl (C=O) groups excluding carboxylic acids is 2. The minimum Gasteiger partial charge on any atom is -0.340 e. The largest absolute Gasteiger partial charge is 0.340 e. The van der Waals surface area contributed by atoms with Crippen molar-refractivity contribution >= 4 is 23.4 Å². The summed E-state index contributed by atoms with van der Waals surface area (Å²) in [6.45, 7) is 7.63. The highest BCUT2D eigenvalue weighted by molar-refractivity contribution is 6.25. The Bertz CT molecular complexity index is 454. The van der Waals surface area contributed by atoms with Gasteiger partial charge in [-0.15, -0.1) is 0 Å². The molecular weight excluding hydrogens is 264 g/mol. The molecule has 0 aromatic heterocycles. The Morgan fingerprint density at radius 3 is 2.47 bits per heavy atom. The van der Waals surface area contributed by atoms with Gasteiger partial charge in [0.1, 0.15) is 11.1 Å². The molecule has 2 amide bonds. The molecule has 2 aliphatic rings. The van der Waals surface area contributed by atoms with Crippen molar-refractivity contribution in [2.24, 2.45) is 5.92 Å². The fourth-order valence-corrected chi connectivity index (χ4v) is 2.77. The smallest absolute Gasteiger partial charge is 0.248 e. The number of carbonyl (C=O) groups is 2. The second kappa shape index (κ2) is 4.51. The lowest BCUT2D eigenvalue weighted by molar-refractivity contribution is -0.161. The molecule has 1 atom stereocenters. The normalized spacial score (nSPS) is 31.4. The van der Waals surface area contributed by atoms with E-state index in [0.29, 0.717) is 6.54 Å². The molecule has 19 heavy (non-hydrogen) atoms. The summed E-state index contributed by atoms with van der Waals surface area (Å²) in [6.07, 6.45) is 2.00. The summed E-state index contributed by atoms with van der Waals surface area (Å²) in [5, 5.41) is 2.86. The van der Waals surface area contributed by atoms with Crippen molar-refractivity contribution in [3.05, 3.63) is 11.1 Å². The van der Waals surface area contributed by atoms with E-state index in [1.165, 1.54) is 5.54 Å². The summed E-state index contributed by atoms with van der Waals surface area (Å²) in [7, 11) is 0. The number of amides is 2. The number of rotatable bonds is 3. The molecule has 1 saturated carbocycles. The Morgan fingerprint density at radius 1 is 1.42 bits per heavy atom. The molecular formula is C14H21ClN2O2. The number of nitrogens with one attached hydrogen (secondary N) is 1. The molecule has 1 unspecified atom stereocenters. The molecule has 1 N–H and O–H groups in total. The molecule has 1 aliphatic carbocycles. The zero-order chi connectivity index (χ0) is 14.4. The third-order valence-electron chi connectivity index (χ3n) is 4.19. The van der Waals surface area contributed by atoms with Gasteiger partial charge in [-0.05, 0) is 52.0 Å². The van der Waals surface area contributed by atoms with Crippen LogP contribution in [0.15, 0.2) is 11.1 Å². The number of halogens is 1. The van der Waals surface area contributed by atoms with Crippen LogP contribution in [-0.4, -0.2) is 34.3 Å². The van der Waals surface area contributed by atoms with Crippen molar-refractivity contribution in [1.82, 2.24) is 10.2 Å². The van der Waals surface area contributed by atoms with Gasteiger partial charge < -0.3 is 10.2 Å². The van der Waals surface area contributed by atoms with E-state index >= 15 is 0 Å². The van der Waals surface area contributed by atoms with E-state index < -0.39 is 11.1 Å². The van der Waals surface area contributed by atoms with Gasteiger partial charge in [0.25, 0.3) is 0 Å². The third-order valence-corrected chi connectivity index (χ3v) is 4.56. The number of hydrogen-bond donors (Lipinski definition) is 1. The number of nitrogens with zero attached hydrogens (tertiary/aromatic N) is 1. The van der Waals surface area contributed by atoms with Crippen LogP contribution >= 0.6 is 11.6 Å². The first-order valence-corrected chi connectivity index (χ1v) is 7.07. The summed E-state index contributed by atoms with van der Waals surface area (Å²) in [5.41, 5.74) is 0.763. The Hall–Kier alpha value is -1.03. The highest BCUT2D eigenvalue weighted by atomic mass is 35.5. The van der Waals surface area contributed by atoms with Crippen LogP contribution in [-0.2, 0) is 9.59 Å². The van der Waals surface area contributed by atoms with Crippen molar-refractivity contribution in [3.8, 4) is 0 Å². The molecule has 0 aromatic carbocycles. The second-order valence-corrected chi connectivity index (χ2v) is 6.57.